The van der Waals surface area contributed by atoms with Crippen molar-refractivity contribution in [2.24, 2.45) is 0 Å². The maximum absolute atomic E-state index is 12.7. The van der Waals surface area contributed by atoms with E-state index in [-0.39, 0.29) is 18.2 Å². The molecule has 0 aromatic heterocycles. The quantitative estimate of drug-likeness (QED) is 0.560. The molecule has 0 spiro atoms. The molecule has 0 N–H and O–H groups in total. The van der Waals surface area contributed by atoms with Crippen LogP contribution in [-0.2, 0) is 14.3 Å². The third-order valence-electron chi connectivity index (χ3n) is 4.34. The average molecular weight is 403 g/mol. The molecular weight excluding hydrogens is 380 g/mol. The van der Waals surface area contributed by atoms with E-state index in [1.807, 2.05) is 49.4 Å². The normalized spacial score (nSPS) is 19.9. The number of rotatable bonds is 5. The molecule has 0 atom stereocenters. The maximum atomic E-state index is 12.7. The van der Waals surface area contributed by atoms with Gasteiger partial charge in [-0.25, -0.2) is 0 Å². The zero-order chi connectivity index (χ0) is 19.2. The van der Waals surface area contributed by atoms with Crippen LogP contribution in [0.4, 0.5) is 0 Å². The molecule has 7 heteroatoms. The molecule has 27 heavy (non-hydrogen) atoms. The number of allylic oxidation sites excluding steroid dienone is 2. The van der Waals surface area contributed by atoms with Crippen LogP contribution in [0.1, 0.15) is 18.9 Å². The third-order valence-corrected chi connectivity index (χ3v) is 5.72. The third kappa shape index (κ3) is 5.28. The minimum absolute atomic E-state index is 0.0384. The van der Waals surface area contributed by atoms with Crippen molar-refractivity contribution in [3.8, 4) is 0 Å². The van der Waals surface area contributed by atoms with E-state index in [9.17, 15) is 9.59 Å². The molecule has 2 fully saturated rings. The number of morpholine rings is 1. The van der Waals surface area contributed by atoms with E-state index in [1.165, 1.54) is 16.7 Å². The summed E-state index contributed by atoms with van der Waals surface area (Å²) in [5, 5.41) is 0. The molecule has 2 amide bonds. The van der Waals surface area contributed by atoms with Gasteiger partial charge >= 0.3 is 0 Å². The Morgan fingerprint density at radius 2 is 1.96 bits per heavy atom. The van der Waals surface area contributed by atoms with Crippen LogP contribution in [0.15, 0.2) is 46.9 Å². The zero-order valence-corrected chi connectivity index (χ0v) is 16.9. The first-order valence-corrected chi connectivity index (χ1v) is 10.1. The predicted molar refractivity (Wildman–Crippen MR) is 112 cm³/mol. The van der Waals surface area contributed by atoms with Gasteiger partial charge in [0.05, 0.1) is 18.1 Å². The molecule has 0 saturated carbocycles. The smallest absolute Gasteiger partial charge is 0.266 e. The lowest BCUT2D eigenvalue weighted by Crippen LogP contribution is -2.42. The molecule has 0 aliphatic carbocycles. The number of nitrogens with zero attached hydrogens (tertiary/aromatic N) is 2. The summed E-state index contributed by atoms with van der Waals surface area (Å²) in [4.78, 5) is 28.9. The zero-order valence-electron chi connectivity index (χ0n) is 15.2. The lowest BCUT2D eigenvalue weighted by atomic mass is 10.1. The minimum atomic E-state index is -0.124. The van der Waals surface area contributed by atoms with Gasteiger partial charge in [-0.05, 0) is 24.1 Å². The van der Waals surface area contributed by atoms with Gasteiger partial charge in [0.25, 0.3) is 5.91 Å². The Labute approximate surface area is 169 Å². The monoisotopic (exact) mass is 402 g/mol. The van der Waals surface area contributed by atoms with Gasteiger partial charge in [-0.3, -0.25) is 14.5 Å². The molecule has 1 aromatic rings. The summed E-state index contributed by atoms with van der Waals surface area (Å²) in [5.74, 6) is -0.0860. The first-order valence-electron chi connectivity index (χ1n) is 8.89. The highest BCUT2D eigenvalue weighted by Crippen LogP contribution is 2.32. The molecule has 2 aliphatic heterocycles. The van der Waals surface area contributed by atoms with Crippen LogP contribution >= 0.6 is 24.0 Å². The molecule has 2 saturated heterocycles. The molecule has 142 valence electrons. The van der Waals surface area contributed by atoms with Crippen LogP contribution in [0.5, 0.6) is 0 Å². The number of hydrogen-bond acceptors (Lipinski definition) is 5. The number of thiocarbonyl (C=S) groups is 1. The van der Waals surface area contributed by atoms with Crippen molar-refractivity contribution in [3.05, 3.63) is 52.4 Å². The lowest BCUT2D eigenvalue weighted by Gasteiger charge is -2.27. The molecule has 2 heterocycles. The molecule has 0 radical (unpaired) electrons. The minimum Gasteiger partial charge on any atom is -0.378 e. The SMILES string of the molecule is CC(=Cc1ccccc1)C=C1SC(=S)N(CCC(=O)N2CCOCC2)C1=O. The first-order chi connectivity index (χ1) is 13.0. The van der Waals surface area contributed by atoms with Crippen molar-refractivity contribution in [3.63, 3.8) is 0 Å². The Bertz CT molecular complexity index is 784. The highest BCUT2D eigenvalue weighted by molar-refractivity contribution is 8.26. The van der Waals surface area contributed by atoms with E-state index in [2.05, 4.69) is 0 Å². The summed E-state index contributed by atoms with van der Waals surface area (Å²) in [5.41, 5.74) is 2.06. The van der Waals surface area contributed by atoms with E-state index < -0.39 is 0 Å². The summed E-state index contributed by atoms with van der Waals surface area (Å²) in [6, 6.07) is 9.95. The summed E-state index contributed by atoms with van der Waals surface area (Å²) in [6.07, 6.45) is 4.16. The second-order valence-corrected chi connectivity index (χ2v) is 8.05. The van der Waals surface area contributed by atoms with Gasteiger partial charge in [-0.2, -0.15) is 0 Å². The lowest BCUT2D eigenvalue weighted by molar-refractivity contribution is -0.135. The van der Waals surface area contributed by atoms with Crippen molar-refractivity contribution < 1.29 is 14.3 Å². The molecule has 3 rings (SSSR count). The Balaban J connectivity index is 1.60. The predicted octanol–water partition coefficient (Wildman–Crippen LogP) is 3.08. The van der Waals surface area contributed by atoms with Gasteiger partial charge in [-0.1, -0.05) is 60.4 Å². The van der Waals surface area contributed by atoms with E-state index in [0.717, 1.165) is 11.1 Å². The Morgan fingerprint density at radius 3 is 2.67 bits per heavy atom. The highest BCUT2D eigenvalue weighted by Gasteiger charge is 2.32. The Morgan fingerprint density at radius 1 is 1.26 bits per heavy atom. The Hall–Kier alpha value is -1.96. The van der Waals surface area contributed by atoms with E-state index in [1.54, 1.807) is 4.90 Å². The van der Waals surface area contributed by atoms with E-state index in [0.29, 0.717) is 42.1 Å². The van der Waals surface area contributed by atoms with Crippen LogP contribution < -0.4 is 0 Å². The summed E-state index contributed by atoms with van der Waals surface area (Å²) >= 11 is 6.64. The fourth-order valence-corrected chi connectivity index (χ4v) is 4.29. The summed E-state index contributed by atoms with van der Waals surface area (Å²) in [6.45, 7) is 4.65. The first kappa shape index (κ1) is 19.8. The van der Waals surface area contributed by atoms with Crippen molar-refractivity contribution in [1.29, 1.82) is 0 Å². The van der Waals surface area contributed by atoms with Crippen molar-refractivity contribution in [1.82, 2.24) is 9.80 Å². The van der Waals surface area contributed by atoms with Crippen LogP contribution in [-0.4, -0.2) is 58.8 Å². The van der Waals surface area contributed by atoms with Crippen LogP contribution in [0, 0.1) is 0 Å². The summed E-state index contributed by atoms with van der Waals surface area (Å²) < 4.78 is 5.77. The molecule has 5 nitrogen and oxygen atoms in total. The summed E-state index contributed by atoms with van der Waals surface area (Å²) in [7, 11) is 0. The number of thioether (sulfide) groups is 1. The fourth-order valence-electron chi connectivity index (χ4n) is 2.93. The van der Waals surface area contributed by atoms with Gasteiger partial charge < -0.3 is 9.64 Å². The molecule has 0 bridgehead atoms. The van der Waals surface area contributed by atoms with Gasteiger partial charge in [0.15, 0.2) is 0 Å². The van der Waals surface area contributed by atoms with Crippen molar-refractivity contribution >= 4 is 46.2 Å². The van der Waals surface area contributed by atoms with Gasteiger partial charge in [0, 0.05) is 26.1 Å². The van der Waals surface area contributed by atoms with Crippen LogP contribution in [0.25, 0.3) is 6.08 Å². The van der Waals surface area contributed by atoms with Crippen molar-refractivity contribution in [2.45, 2.75) is 13.3 Å². The van der Waals surface area contributed by atoms with Crippen LogP contribution in [0.3, 0.4) is 0 Å². The Kier molecular flexibility index (Phi) is 6.82. The maximum Gasteiger partial charge on any atom is 0.266 e. The number of ether oxygens (including phenoxy) is 1. The molecular formula is C20H22N2O3S2. The standard InChI is InChI=1S/C20H22N2O3S2/c1-15(13-16-5-3-2-4-6-16)14-17-19(24)22(20(26)27-17)8-7-18(23)21-9-11-25-12-10-21/h2-6,13-14H,7-12H2,1H3. The average Bonchev–Trinajstić information content (AvgIpc) is 2.94. The fraction of sp³-hybridized carbons (Fsp3) is 0.350. The molecule has 1 aromatic carbocycles. The topological polar surface area (TPSA) is 49.9 Å². The molecule has 0 unspecified atom stereocenters. The number of carbonyl (C=O) groups excluding carboxylic acids is 2. The largest absolute Gasteiger partial charge is 0.378 e. The number of carbonyl (C=O) groups is 2. The van der Waals surface area contributed by atoms with Gasteiger partial charge in [0.1, 0.15) is 4.32 Å². The number of amides is 2. The van der Waals surface area contributed by atoms with Crippen molar-refractivity contribution in [2.75, 3.05) is 32.8 Å². The highest BCUT2D eigenvalue weighted by atomic mass is 32.2. The van der Waals surface area contributed by atoms with E-state index in [4.69, 9.17) is 17.0 Å². The second-order valence-electron chi connectivity index (χ2n) is 6.38. The van der Waals surface area contributed by atoms with Gasteiger partial charge in [0.2, 0.25) is 5.91 Å². The van der Waals surface area contributed by atoms with Crippen LogP contribution in [0.2, 0.25) is 0 Å². The molecule has 2 aliphatic rings. The second kappa shape index (κ2) is 9.30. The number of hydrogen-bond donors (Lipinski definition) is 0. The van der Waals surface area contributed by atoms with Gasteiger partial charge in [-0.15, -0.1) is 0 Å². The van der Waals surface area contributed by atoms with E-state index >= 15 is 0 Å². The number of benzene rings is 1.